The normalized spacial score (nSPS) is 22.1. The lowest BCUT2D eigenvalue weighted by Gasteiger charge is -2.17. The molecular formula is C10H15NO4. The summed E-state index contributed by atoms with van der Waals surface area (Å²) in [5, 5.41) is 0. The van der Waals surface area contributed by atoms with E-state index in [1.54, 1.807) is 4.90 Å². The van der Waals surface area contributed by atoms with Crippen LogP contribution in [0.1, 0.15) is 19.8 Å². The van der Waals surface area contributed by atoms with Crippen molar-refractivity contribution in [1.82, 2.24) is 4.90 Å². The molecule has 0 saturated carbocycles. The van der Waals surface area contributed by atoms with Crippen molar-refractivity contribution in [3.8, 4) is 0 Å². The molecule has 0 aromatic carbocycles. The monoisotopic (exact) mass is 213 g/mol. The Morgan fingerprint density at radius 2 is 2.07 bits per heavy atom. The standard InChI is InChI=1S/C10H15NO4/c1-7(12)11-5-3-8(10(14)15-2)9(13)4-6-11/h8H,3-6H2,1-2H3. The molecule has 0 spiro atoms. The van der Waals surface area contributed by atoms with Gasteiger partial charge < -0.3 is 9.64 Å². The van der Waals surface area contributed by atoms with Gasteiger partial charge >= 0.3 is 5.97 Å². The molecule has 0 aliphatic carbocycles. The van der Waals surface area contributed by atoms with Gasteiger partial charge in [0.25, 0.3) is 0 Å². The largest absolute Gasteiger partial charge is 0.468 e. The molecule has 5 nitrogen and oxygen atoms in total. The SMILES string of the molecule is COC(=O)C1CCN(C(C)=O)CCC1=O. The van der Waals surface area contributed by atoms with Gasteiger partial charge in [0.2, 0.25) is 5.91 Å². The molecule has 0 N–H and O–H groups in total. The minimum absolute atomic E-state index is 0.0617. The van der Waals surface area contributed by atoms with Gasteiger partial charge in [0, 0.05) is 26.4 Å². The fraction of sp³-hybridized carbons (Fsp3) is 0.700. The molecule has 1 aliphatic rings. The van der Waals surface area contributed by atoms with Gasteiger partial charge in [-0.15, -0.1) is 0 Å². The second-order valence-electron chi connectivity index (χ2n) is 3.59. The number of ketones is 1. The zero-order valence-electron chi connectivity index (χ0n) is 8.99. The van der Waals surface area contributed by atoms with Crippen LogP contribution >= 0.6 is 0 Å². The molecule has 1 atom stereocenters. The molecule has 1 aliphatic heterocycles. The summed E-state index contributed by atoms with van der Waals surface area (Å²) in [4.78, 5) is 35.5. The first-order chi connectivity index (χ1) is 7.06. The van der Waals surface area contributed by atoms with Gasteiger partial charge in [-0.05, 0) is 6.42 Å². The average molecular weight is 213 g/mol. The summed E-state index contributed by atoms with van der Waals surface area (Å²) in [6.45, 7) is 2.31. The maximum atomic E-state index is 11.5. The lowest BCUT2D eigenvalue weighted by atomic mass is 10.00. The number of carbonyl (C=O) groups is 3. The Morgan fingerprint density at radius 3 is 2.60 bits per heavy atom. The molecule has 0 aromatic rings. The minimum atomic E-state index is -0.695. The summed E-state index contributed by atoms with van der Waals surface area (Å²) in [6.07, 6.45) is 0.602. The second-order valence-corrected chi connectivity index (χ2v) is 3.59. The molecule has 0 bridgehead atoms. The van der Waals surface area contributed by atoms with Crippen molar-refractivity contribution in [3.05, 3.63) is 0 Å². The molecule has 0 radical (unpaired) electrons. The quantitative estimate of drug-likeness (QED) is 0.454. The van der Waals surface area contributed by atoms with E-state index in [2.05, 4.69) is 4.74 Å². The molecule has 84 valence electrons. The lowest BCUT2D eigenvalue weighted by Crippen LogP contribution is -2.30. The van der Waals surface area contributed by atoms with E-state index in [0.717, 1.165) is 0 Å². The van der Waals surface area contributed by atoms with Gasteiger partial charge in [-0.25, -0.2) is 0 Å². The number of carbonyl (C=O) groups excluding carboxylic acids is 3. The number of esters is 1. The zero-order chi connectivity index (χ0) is 11.4. The van der Waals surface area contributed by atoms with Gasteiger partial charge in [-0.3, -0.25) is 14.4 Å². The van der Waals surface area contributed by atoms with E-state index >= 15 is 0 Å². The molecule has 1 unspecified atom stereocenters. The van der Waals surface area contributed by atoms with E-state index in [1.165, 1.54) is 14.0 Å². The Morgan fingerprint density at radius 1 is 1.40 bits per heavy atom. The topological polar surface area (TPSA) is 63.7 Å². The van der Waals surface area contributed by atoms with Crippen LogP contribution in [-0.4, -0.2) is 42.8 Å². The van der Waals surface area contributed by atoms with E-state index < -0.39 is 11.9 Å². The van der Waals surface area contributed by atoms with Crippen LogP contribution in [0.15, 0.2) is 0 Å². The third-order valence-corrected chi connectivity index (χ3v) is 2.64. The molecule has 0 aromatic heterocycles. The van der Waals surface area contributed by atoms with Crippen LogP contribution in [0, 0.1) is 5.92 Å². The van der Waals surface area contributed by atoms with Crippen molar-refractivity contribution in [2.45, 2.75) is 19.8 Å². The molecular weight excluding hydrogens is 198 g/mol. The van der Waals surface area contributed by atoms with E-state index in [0.29, 0.717) is 19.5 Å². The summed E-state index contributed by atoms with van der Waals surface area (Å²) in [7, 11) is 1.27. The molecule has 1 amide bonds. The Hall–Kier alpha value is -1.39. The summed E-state index contributed by atoms with van der Waals surface area (Å²) >= 11 is 0. The number of methoxy groups -OCH3 is 1. The number of rotatable bonds is 1. The van der Waals surface area contributed by atoms with E-state index in [9.17, 15) is 14.4 Å². The third kappa shape index (κ3) is 2.78. The smallest absolute Gasteiger partial charge is 0.316 e. The van der Waals surface area contributed by atoms with Crippen molar-refractivity contribution >= 4 is 17.7 Å². The first-order valence-corrected chi connectivity index (χ1v) is 4.92. The molecule has 1 saturated heterocycles. The van der Waals surface area contributed by atoms with Crippen molar-refractivity contribution in [2.75, 3.05) is 20.2 Å². The Kier molecular flexibility index (Phi) is 3.82. The fourth-order valence-corrected chi connectivity index (χ4v) is 1.68. The van der Waals surface area contributed by atoms with Crippen LogP contribution in [0.3, 0.4) is 0 Å². The predicted molar refractivity (Wildman–Crippen MR) is 52.0 cm³/mol. The number of nitrogens with zero attached hydrogens (tertiary/aromatic N) is 1. The van der Waals surface area contributed by atoms with Gasteiger partial charge in [0.05, 0.1) is 7.11 Å². The molecule has 15 heavy (non-hydrogen) atoms. The van der Waals surface area contributed by atoms with Gasteiger partial charge in [-0.2, -0.15) is 0 Å². The number of likely N-dealkylation sites (tertiary alicyclic amines) is 1. The zero-order valence-corrected chi connectivity index (χ0v) is 8.99. The number of hydrogen-bond acceptors (Lipinski definition) is 4. The summed E-state index contributed by atoms with van der Waals surface area (Å²) in [5.74, 6) is -1.39. The van der Waals surface area contributed by atoms with Crippen molar-refractivity contribution < 1.29 is 19.1 Å². The third-order valence-electron chi connectivity index (χ3n) is 2.64. The van der Waals surface area contributed by atoms with E-state index in [1.807, 2.05) is 0 Å². The van der Waals surface area contributed by atoms with Crippen molar-refractivity contribution in [2.24, 2.45) is 5.92 Å². The maximum Gasteiger partial charge on any atom is 0.316 e. The van der Waals surface area contributed by atoms with Crippen molar-refractivity contribution in [1.29, 1.82) is 0 Å². The molecule has 5 heteroatoms. The van der Waals surface area contributed by atoms with Crippen molar-refractivity contribution in [3.63, 3.8) is 0 Å². The van der Waals surface area contributed by atoms with Gasteiger partial charge in [0.15, 0.2) is 0 Å². The van der Waals surface area contributed by atoms with Crippen LogP contribution in [0.4, 0.5) is 0 Å². The highest BCUT2D eigenvalue weighted by Crippen LogP contribution is 2.15. The highest BCUT2D eigenvalue weighted by molar-refractivity contribution is 5.99. The van der Waals surface area contributed by atoms with E-state index in [4.69, 9.17) is 0 Å². The Balaban J connectivity index is 2.67. The highest BCUT2D eigenvalue weighted by Gasteiger charge is 2.31. The van der Waals surface area contributed by atoms with Crippen LogP contribution in [0.2, 0.25) is 0 Å². The molecule has 1 fully saturated rings. The highest BCUT2D eigenvalue weighted by atomic mass is 16.5. The number of ether oxygens (including phenoxy) is 1. The minimum Gasteiger partial charge on any atom is -0.468 e. The predicted octanol–water partition coefficient (Wildman–Crippen LogP) is -0.0130. The van der Waals surface area contributed by atoms with Crippen LogP contribution in [0.5, 0.6) is 0 Å². The Labute approximate surface area is 88.4 Å². The summed E-state index contributed by atoms with van der Waals surface area (Å²) < 4.78 is 4.55. The van der Waals surface area contributed by atoms with Crippen LogP contribution in [-0.2, 0) is 19.1 Å². The molecule has 1 rings (SSSR count). The first-order valence-electron chi connectivity index (χ1n) is 4.92. The number of Topliss-reactive ketones (excluding diaryl/α,β-unsaturated/α-hetero) is 1. The average Bonchev–Trinajstić information content (AvgIpc) is 2.39. The van der Waals surface area contributed by atoms with Crippen LogP contribution in [0.25, 0.3) is 0 Å². The number of amides is 1. The van der Waals surface area contributed by atoms with E-state index in [-0.39, 0.29) is 18.1 Å². The second kappa shape index (κ2) is 4.91. The lowest BCUT2D eigenvalue weighted by molar-refractivity contribution is -0.149. The summed E-state index contributed by atoms with van der Waals surface area (Å²) in [5.41, 5.74) is 0. The number of hydrogen-bond donors (Lipinski definition) is 0. The van der Waals surface area contributed by atoms with Crippen LogP contribution < -0.4 is 0 Å². The van der Waals surface area contributed by atoms with Gasteiger partial charge in [0.1, 0.15) is 11.7 Å². The van der Waals surface area contributed by atoms with Gasteiger partial charge in [-0.1, -0.05) is 0 Å². The maximum absolute atomic E-state index is 11.5. The first kappa shape index (κ1) is 11.7. The molecule has 1 heterocycles. The Bertz CT molecular complexity index is 287. The summed E-state index contributed by atoms with van der Waals surface area (Å²) in [6, 6.07) is 0. The fourth-order valence-electron chi connectivity index (χ4n) is 1.68.